The van der Waals surface area contributed by atoms with Gasteiger partial charge in [0.25, 0.3) is 0 Å². The van der Waals surface area contributed by atoms with Crippen LogP contribution in [0, 0.1) is 5.92 Å². The molecule has 0 aliphatic heterocycles. The first-order valence-corrected chi connectivity index (χ1v) is 9.72. The lowest BCUT2D eigenvalue weighted by molar-refractivity contribution is -0.109. The Balaban J connectivity index is 2.99. The van der Waals surface area contributed by atoms with Crippen molar-refractivity contribution in [3.8, 4) is 0 Å². The van der Waals surface area contributed by atoms with Gasteiger partial charge in [-0.15, -0.1) is 0 Å². The fourth-order valence-corrected chi connectivity index (χ4v) is 2.85. The summed E-state index contributed by atoms with van der Waals surface area (Å²) < 4.78 is 6.14. The number of hydrogen-bond donors (Lipinski definition) is 0. The van der Waals surface area contributed by atoms with E-state index in [0.717, 1.165) is 12.1 Å². The van der Waals surface area contributed by atoms with Crippen molar-refractivity contribution >= 4 is 20.4 Å². The van der Waals surface area contributed by atoms with E-state index in [0.29, 0.717) is 0 Å². The minimum absolute atomic E-state index is 0.198. The van der Waals surface area contributed by atoms with Gasteiger partial charge in [-0.2, -0.15) is 0 Å². The number of rotatable bonds is 6. The molecule has 0 heterocycles. The molecular formula is C14H23NO2Si. The van der Waals surface area contributed by atoms with Gasteiger partial charge in [0.2, 0.25) is 6.41 Å². The molecule has 0 aromatic heterocycles. The molecule has 0 saturated carbocycles. The molecule has 100 valence electrons. The summed E-state index contributed by atoms with van der Waals surface area (Å²) in [6.45, 7) is 10.6. The van der Waals surface area contributed by atoms with Crippen LogP contribution in [0.4, 0.5) is 5.69 Å². The molecule has 1 atom stereocenters. The van der Waals surface area contributed by atoms with E-state index in [2.05, 4.69) is 33.5 Å². The summed E-state index contributed by atoms with van der Waals surface area (Å²) in [5, 5.41) is 0. The SMILES string of the molecule is CC(C)C(O[Si](C)(C)C)N(C=O)c1ccccc1. The number of anilines is 1. The summed E-state index contributed by atoms with van der Waals surface area (Å²) in [5.41, 5.74) is 0.879. The maximum atomic E-state index is 11.4. The monoisotopic (exact) mass is 265 g/mol. The van der Waals surface area contributed by atoms with E-state index in [-0.39, 0.29) is 12.1 Å². The van der Waals surface area contributed by atoms with Crippen molar-refractivity contribution in [3.05, 3.63) is 30.3 Å². The van der Waals surface area contributed by atoms with Crippen molar-refractivity contribution in [2.75, 3.05) is 4.90 Å². The molecule has 1 aromatic rings. The number of carbonyl (C=O) groups excluding carboxylic acids is 1. The second kappa shape index (κ2) is 6.16. The van der Waals surface area contributed by atoms with Crippen LogP contribution in [0.25, 0.3) is 0 Å². The van der Waals surface area contributed by atoms with E-state index in [4.69, 9.17) is 4.43 Å². The Morgan fingerprint density at radius 3 is 2.11 bits per heavy atom. The zero-order valence-electron chi connectivity index (χ0n) is 11.9. The second-order valence-electron chi connectivity index (χ2n) is 5.71. The summed E-state index contributed by atoms with van der Waals surface area (Å²) in [6.07, 6.45) is 0.664. The van der Waals surface area contributed by atoms with Gasteiger partial charge in [0.1, 0.15) is 6.23 Å². The molecule has 0 saturated heterocycles. The third-order valence-electron chi connectivity index (χ3n) is 2.49. The zero-order valence-corrected chi connectivity index (χ0v) is 12.9. The normalized spacial score (nSPS) is 13.4. The summed E-state index contributed by atoms with van der Waals surface area (Å²) in [7, 11) is -1.70. The number of nitrogens with zero attached hydrogens (tertiary/aromatic N) is 1. The lowest BCUT2D eigenvalue weighted by Crippen LogP contribution is -2.46. The van der Waals surface area contributed by atoms with Crippen molar-refractivity contribution in [2.45, 2.75) is 39.7 Å². The Hall–Kier alpha value is -1.13. The molecule has 1 rings (SSSR count). The molecule has 18 heavy (non-hydrogen) atoms. The number of hydrogen-bond acceptors (Lipinski definition) is 2. The maximum absolute atomic E-state index is 11.4. The van der Waals surface area contributed by atoms with Gasteiger partial charge in [0.15, 0.2) is 8.32 Å². The van der Waals surface area contributed by atoms with Crippen molar-refractivity contribution in [1.82, 2.24) is 0 Å². The zero-order chi connectivity index (χ0) is 13.8. The van der Waals surface area contributed by atoms with Crippen molar-refractivity contribution in [1.29, 1.82) is 0 Å². The molecule has 0 N–H and O–H groups in total. The first-order chi connectivity index (χ1) is 8.35. The maximum Gasteiger partial charge on any atom is 0.216 e. The Kier molecular flexibility index (Phi) is 5.11. The van der Waals surface area contributed by atoms with Gasteiger partial charge >= 0.3 is 0 Å². The summed E-state index contributed by atoms with van der Waals surface area (Å²) >= 11 is 0. The first-order valence-electron chi connectivity index (χ1n) is 6.31. The highest BCUT2D eigenvalue weighted by Gasteiger charge is 2.28. The van der Waals surface area contributed by atoms with Gasteiger partial charge in [-0.3, -0.25) is 9.69 Å². The van der Waals surface area contributed by atoms with Crippen LogP contribution in [0.5, 0.6) is 0 Å². The largest absolute Gasteiger partial charge is 0.397 e. The molecular weight excluding hydrogens is 242 g/mol. The number of benzene rings is 1. The van der Waals surface area contributed by atoms with Gasteiger partial charge in [0.05, 0.1) is 0 Å². The van der Waals surface area contributed by atoms with Gasteiger partial charge in [-0.25, -0.2) is 0 Å². The number of carbonyl (C=O) groups is 1. The molecule has 0 radical (unpaired) electrons. The summed E-state index contributed by atoms with van der Waals surface area (Å²) in [6, 6.07) is 9.65. The van der Waals surface area contributed by atoms with E-state index in [1.807, 2.05) is 30.3 Å². The summed E-state index contributed by atoms with van der Waals surface area (Å²) in [5.74, 6) is 0.252. The molecule has 1 aromatic carbocycles. The van der Waals surface area contributed by atoms with E-state index in [9.17, 15) is 4.79 Å². The molecule has 0 spiro atoms. The van der Waals surface area contributed by atoms with Crippen molar-refractivity contribution < 1.29 is 9.22 Å². The quantitative estimate of drug-likeness (QED) is 0.448. The van der Waals surface area contributed by atoms with E-state index < -0.39 is 8.32 Å². The van der Waals surface area contributed by atoms with E-state index >= 15 is 0 Å². The molecule has 1 unspecified atom stereocenters. The van der Waals surface area contributed by atoms with E-state index in [1.54, 1.807) is 4.90 Å². The molecule has 0 fully saturated rings. The van der Waals surface area contributed by atoms with Crippen LogP contribution in [-0.4, -0.2) is 21.0 Å². The smallest absolute Gasteiger partial charge is 0.216 e. The van der Waals surface area contributed by atoms with E-state index in [1.165, 1.54) is 0 Å². The van der Waals surface area contributed by atoms with Crippen LogP contribution in [0.15, 0.2) is 30.3 Å². The van der Waals surface area contributed by atoms with Crippen molar-refractivity contribution in [3.63, 3.8) is 0 Å². The predicted octanol–water partition coefficient (Wildman–Crippen LogP) is 3.48. The van der Waals surface area contributed by atoms with Crippen LogP contribution in [0.2, 0.25) is 19.6 Å². The highest BCUT2D eigenvalue weighted by atomic mass is 28.4. The topological polar surface area (TPSA) is 29.5 Å². The van der Waals surface area contributed by atoms with Gasteiger partial charge in [-0.05, 0) is 37.7 Å². The fraction of sp³-hybridized carbons (Fsp3) is 0.500. The van der Waals surface area contributed by atoms with Gasteiger partial charge in [0, 0.05) is 5.69 Å². The Morgan fingerprint density at radius 2 is 1.72 bits per heavy atom. The number of amides is 1. The van der Waals surface area contributed by atoms with Crippen molar-refractivity contribution in [2.24, 2.45) is 5.92 Å². The summed E-state index contributed by atoms with van der Waals surface area (Å²) in [4.78, 5) is 13.1. The minimum atomic E-state index is -1.70. The Bertz CT molecular complexity index is 373. The molecule has 3 nitrogen and oxygen atoms in total. The van der Waals surface area contributed by atoms with Crippen LogP contribution in [0.1, 0.15) is 13.8 Å². The Morgan fingerprint density at radius 1 is 1.17 bits per heavy atom. The second-order valence-corrected chi connectivity index (χ2v) is 10.2. The fourth-order valence-electron chi connectivity index (χ4n) is 1.74. The third kappa shape index (κ3) is 4.27. The van der Waals surface area contributed by atoms with Crippen LogP contribution in [-0.2, 0) is 9.22 Å². The molecule has 0 aliphatic carbocycles. The Labute approximate surface area is 111 Å². The highest BCUT2D eigenvalue weighted by Crippen LogP contribution is 2.23. The standard InChI is InChI=1S/C14H23NO2Si/c1-12(2)14(17-18(3,4)5)15(11-16)13-9-7-6-8-10-13/h6-12,14H,1-5H3. The van der Waals surface area contributed by atoms with Crippen LogP contribution < -0.4 is 4.90 Å². The molecule has 0 aliphatic rings. The lowest BCUT2D eigenvalue weighted by atomic mass is 10.1. The van der Waals surface area contributed by atoms with Gasteiger partial charge in [-0.1, -0.05) is 32.0 Å². The lowest BCUT2D eigenvalue weighted by Gasteiger charge is -2.36. The minimum Gasteiger partial charge on any atom is -0.397 e. The van der Waals surface area contributed by atoms with Gasteiger partial charge < -0.3 is 4.43 Å². The average molecular weight is 265 g/mol. The molecule has 4 heteroatoms. The molecule has 0 bridgehead atoms. The van der Waals surface area contributed by atoms with Crippen LogP contribution in [0.3, 0.4) is 0 Å². The number of para-hydroxylation sites is 1. The first kappa shape index (κ1) is 14.9. The third-order valence-corrected chi connectivity index (χ3v) is 3.44. The average Bonchev–Trinajstić information content (AvgIpc) is 2.28. The predicted molar refractivity (Wildman–Crippen MR) is 78.0 cm³/mol. The highest BCUT2D eigenvalue weighted by molar-refractivity contribution is 6.69. The molecule has 1 amide bonds. The van der Waals surface area contributed by atoms with Crippen LogP contribution >= 0.6 is 0 Å².